The molecule has 2 heterocycles. The molecule has 2 amide bonds. The van der Waals surface area contributed by atoms with Crippen LogP contribution in [0, 0.1) is 0 Å². The van der Waals surface area contributed by atoms with Gasteiger partial charge in [-0.25, -0.2) is 0 Å². The van der Waals surface area contributed by atoms with Gasteiger partial charge in [0.05, 0.1) is 12.0 Å². The van der Waals surface area contributed by atoms with Gasteiger partial charge in [-0.2, -0.15) is 0 Å². The first-order chi connectivity index (χ1) is 11.1. The number of ether oxygens (including phenoxy) is 3. The Bertz CT molecular complexity index is 714. The standard InChI is InChI=1S/C15H13NO6S/c1-20-13(17)8-16-14(18)12(23-15(16)19)7-9-2-3-10-11(6-9)22-5-4-21-10/h2-3,6-7H,4-5,8H2,1H3. The smallest absolute Gasteiger partial charge is 0.325 e. The van der Waals surface area contributed by atoms with E-state index in [1.54, 1.807) is 24.3 Å². The molecule has 8 heteroatoms. The number of hydrogen-bond acceptors (Lipinski definition) is 7. The Hall–Kier alpha value is -2.48. The van der Waals surface area contributed by atoms with E-state index in [9.17, 15) is 14.4 Å². The SMILES string of the molecule is COC(=O)CN1C(=O)SC(=Cc2ccc3c(c2)OCCO3)C1=O. The number of thioether (sulfide) groups is 1. The summed E-state index contributed by atoms with van der Waals surface area (Å²) in [5.74, 6) is 0.0825. The van der Waals surface area contributed by atoms with E-state index in [0.29, 0.717) is 30.3 Å². The molecule has 2 aliphatic rings. The molecule has 2 aliphatic heterocycles. The molecule has 0 atom stereocenters. The van der Waals surface area contributed by atoms with Crippen LogP contribution < -0.4 is 9.47 Å². The first kappa shape index (κ1) is 15.4. The van der Waals surface area contributed by atoms with E-state index >= 15 is 0 Å². The Labute approximate surface area is 136 Å². The van der Waals surface area contributed by atoms with Crippen molar-refractivity contribution in [2.45, 2.75) is 0 Å². The van der Waals surface area contributed by atoms with E-state index in [-0.39, 0.29) is 11.4 Å². The number of imide groups is 1. The second-order valence-corrected chi connectivity index (χ2v) is 5.74. The van der Waals surface area contributed by atoms with Gasteiger partial charge in [0.25, 0.3) is 11.1 Å². The van der Waals surface area contributed by atoms with E-state index in [4.69, 9.17) is 9.47 Å². The van der Waals surface area contributed by atoms with E-state index in [0.717, 1.165) is 16.7 Å². The van der Waals surface area contributed by atoms with Gasteiger partial charge >= 0.3 is 5.97 Å². The zero-order valence-corrected chi connectivity index (χ0v) is 13.1. The molecule has 7 nitrogen and oxygen atoms in total. The highest BCUT2D eigenvalue weighted by atomic mass is 32.2. The molecule has 0 unspecified atom stereocenters. The molecule has 1 aromatic carbocycles. The number of nitrogens with zero attached hydrogens (tertiary/aromatic N) is 1. The van der Waals surface area contributed by atoms with Gasteiger partial charge in [0.1, 0.15) is 19.8 Å². The third-order valence-corrected chi connectivity index (χ3v) is 4.16. The average molecular weight is 335 g/mol. The molecular weight excluding hydrogens is 322 g/mol. The third-order valence-electron chi connectivity index (χ3n) is 3.25. The minimum absolute atomic E-state index is 0.246. The zero-order chi connectivity index (χ0) is 16.4. The second kappa shape index (κ2) is 6.33. The molecule has 23 heavy (non-hydrogen) atoms. The summed E-state index contributed by atoms with van der Waals surface area (Å²) in [5, 5.41) is -0.496. The fourth-order valence-electron chi connectivity index (χ4n) is 2.13. The largest absolute Gasteiger partial charge is 0.486 e. The molecule has 1 saturated heterocycles. The average Bonchev–Trinajstić information content (AvgIpc) is 2.82. The van der Waals surface area contributed by atoms with Crippen LogP contribution in [0.15, 0.2) is 23.1 Å². The van der Waals surface area contributed by atoms with Crippen molar-refractivity contribution in [3.05, 3.63) is 28.7 Å². The highest BCUT2D eigenvalue weighted by molar-refractivity contribution is 8.18. The highest BCUT2D eigenvalue weighted by Crippen LogP contribution is 2.35. The molecule has 3 rings (SSSR count). The van der Waals surface area contributed by atoms with Gasteiger partial charge < -0.3 is 14.2 Å². The maximum absolute atomic E-state index is 12.2. The minimum Gasteiger partial charge on any atom is -0.486 e. The molecule has 1 aromatic rings. The molecule has 0 saturated carbocycles. The number of amides is 2. The van der Waals surface area contributed by atoms with Gasteiger partial charge in [-0.3, -0.25) is 19.3 Å². The summed E-state index contributed by atoms with van der Waals surface area (Å²) in [6.45, 7) is 0.574. The quantitative estimate of drug-likeness (QED) is 0.614. The second-order valence-electron chi connectivity index (χ2n) is 4.75. The summed E-state index contributed by atoms with van der Waals surface area (Å²) in [7, 11) is 1.20. The Morgan fingerprint density at radius 2 is 2.04 bits per heavy atom. The van der Waals surface area contributed by atoms with Gasteiger partial charge in [-0.15, -0.1) is 0 Å². The number of rotatable bonds is 3. The Morgan fingerprint density at radius 1 is 1.30 bits per heavy atom. The molecule has 120 valence electrons. The lowest BCUT2D eigenvalue weighted by atomic mass is 10.1. The van der Waals surface area contributed by atoms with E-state index < -0.39 is 17.1 Å². The van der Waals surface area contributed by atoms with Crippen LogP contribution in [0.3, 0.4) is 0 Å². The van der Waals surface area contributed by atoms with Gasteiger partial charge in [0, 0.05) is 0 Å². The lowest BCUT2D eigenvalue weighted by molar-refractivity contribution is -0.143. The Kier molecular flexibility index (Phi) is 4.24. The fraction of sp³-hybridized carbons (Fsp3) is 0.267. The first-order valence-electron chi connectivity index (χ1n) is 6.80. The molecule has 0 aromatic heterocycles. The summed E-state index contributed by atoms with van der Waals surface area (Å²) in [5.41, 5.74) is 0.706. The van der Waals surface area contributed by atoms with Crippen LogP contribution >= 0.6 is 11.8 Å². The predicted octanol–water partition coefficient (Wildman–Crippen LogP) is 1.67. The van der Waals surface area contributed by atoms with Crippen molar-refractivity contribution in [3.63, 3.8) is 0 Å². The van der Waals surface area contributed by atoms with Gasteiger partial charge in [0.15, 0.2) is 11.5 Å². The molecule has 0 radical (unpaired) electrons. The molecule has 0 aliphatic carbocycles. The molecular formula is C15H13NO6S. The summed E-state index contributed by atoms with van der Waals surface area (Å²) in [6.07, 6.45) is 1.58. The van der Waals surface area contributed by atoms with Crippen molar-refractivity contribution in [2.24, 2.45) is 0 Å². The minimum atomic E-state index is -0.645. The van der Waals surface area contributed by atoms with Gasteiger partial charge in [-0.1, -0.05) is 6.07 Å². The maximum Gasteiger partial charge on any atom is 0.325 e. The number of carbonyl (C=O) groups excluding carboxylic acids is 3. The summed E-state index contributed by atoms with van der Waals surface area (Å²) >= 11 is 0.785. The molecule has 0 N–H and O–H groups in total. The number of methoxy groups -OCH3 is 1. The van der Waals surface area contributed by atoms with Crippen molar-refractivity contribution in [3.8, 4) is 11.5 Å². The van der Waals surface area contributed by atoms with Gasteiger partial charge in [0.2, 0.25) is 0 Å². The van der Waals surface area contributed by atoms with E-state index in [2.05, 4.69) is 4.74 Å². The van der Waals surface area contributed by atoms with Crippen molar-refractivity contribution < 1.29 is 28.6 Å². The van der Waals surface area contributed by atoms with Crippen LogP contribution in [0.5, 0.6) is 11.5 Å². The Morgan fingerprint density at radius 3 is 2.78 bits per heavy atom. The summed E-state index contributed by atoms with van der Waals surface area (Å²) in [6, 6.07) is 5.25. The van der Waals surface area contributed by atoms with Crippen LogP contribution in [0.2, 0.25) is 0 Å². The van der Waals surface area contributed by atoms with Crippen molar-refractivity contribution in [1.29, 1.82) is 0 Å². The molecule has 1 fully saturated rings. The zero-order valence-electron chi connectivity index (χ0n) is 12.2. The molecule has 0 bridgehead atoms. The summed E-state index contributed by atoms with van der Waals surface area (Å²) < 4.78 is 15.4. The lowest BCUT2D eigenvalue weighted by Crippen LogP contribution is -2.34. The van der Waals surface area contributed by atoms with E-state index in [1.165, 1.54) is 7.11 Å². The number of benzene rings is 1. The van der Waals surface area contributed by atoms with E-state index in [1.807, 2.05) is 0 Å². The maximum atomic E-state index is 12.2. The number of hydrogen-bond donors (Lipinski definition) is 0. The van der Waals surface area contributed by atoms with Crippen molar-refractivity contribution in [2.75, 3.05) is 26.9 Å². The highest BCUT2D eigenvalue weighted by Gasteiger charge is 2.36. The van der Waals surface area contributed by atoms with Gasteiger partial charge in [-0.05, 0) is 35.5 Å². The number of esters is 1. The summed E-state index contributed by atoms with van der Waals surface area (Å²) in [4.78, 5) is 36.4. The van der Waals surface area contributed by atoms with Crippen LogP contribution in [-0.4, -0.2) is 48.9 Å². The normalized spacial score (nSPS) is 18.5. The topological polar surface area (TPSA) is 82.1 Å². The first-order valence-corrected chi connectivity index (χ1v) is 7.62. The third kappa shape index (κ3) is 3.16. The Balaban J connectivity index is 1.81. The van der Waals surface area contributed by atoms with Crippen LogP contribution in [0.25, 0.3) is 6.08 Å². The van der Waals surface area contributed by atoms with Crippen molar-refractivity contribution >= 4 is 35.0 Å². The van der Waals surface area contributed by atoms with Crippen molar-refractivity contribution in [1.82, 2.24) is 4.90 Å². The number of fused-ring (bicyclic) bond motifs is 1. The van der Waals surface area contributed by atoms with Crippen LogP contribution in [0.1, 0.15) is 5.56 Å². The predicted molar refractivity (Wildman–Crippen MR) is 82.1 cm³/mol. The monoisotopic (exact) mass is 335 g/mol. The lowest BCUT2D eigenvalue weighted by Gasteiger charge is -2.18. The van der Waals surface area contributed by atoms with Crippen LogP contribution in [0.4, 0.5) is 4.79 Å². The van der Waals surface area contributed by atoms with Crippen LogP contribution in [-0.2, 0) is 14.3 Å². The number of carbonyl (C=O) groups is 3. The molecule has 0 spiro atoms. The fourth-order valence-corrected chi connectivity index (χ4v) is 2.97.